The van der Waals surface area contributed by atoms with E-state index in [4.69, 9.17) is 11.6 Å². The fourth-order valence-electron chi connectivity index (χ4n) is 2.91. The van der Waals surface area contributed by atoms with Crippen LogP contribution in [0, 0.1) is 18.8 Å². The summed E-state index contributed by atoms with van der Waals surface area (Å²) in [5, 5.41) is 9.62. The molecular formula is C15H22ClNO3S. The van der Waals surface area contributed by atoms with Crippen LogP contribution in [0.1, 0.15) is 31.2 Å². The van der Waals surface area contributed by atoms with Crippen LogP contribution in [0.3, 0.4) is 0 Å². The van der Waals surface area contributed by atoms with Crippen molar-refractivity contribution in [2.75, 3.05) is 13.2 Å². The Kier molecular flexibility index (Phi) is 5.66. The van der Waals surface area contributed by atoms with Crippen molar-refractivity contribution in [1.82, 2.24) is 4.72 Å². The fourth-order valence-corrected chi connectivity index (χ4v) is 4.60. The third-order valence-electron chi connectivity index (χ3n) is 4.21. The summed E-state index contributed by atoms with van der Waals surface area (Å²) >= 11 is 6.03. The lowest BCUT2D eigenvalue weighted by Gasteiger charge is -2.30. The Balaban J connectivity index is 2.07. The van der Waals surface area contributed by atoms with Gasteiger partial charge in [0, 0.05) is 13.2 Å². The summed E-state index contributed by atoms with van der Waals surface area (Å²) in [6.45, 7) is 2.35. The Morgan fingerprint density at radius 3 is 2.57 bits per heavy atom. The zero-order valence-corrected chi connectivity index (χ0v) is 13.8. The highest BCUT2D eigenvalue weighted by atomic mass is 35.5. The number of halogens is 1. The summed E-state index contributed by atoms with van der Waals surface area (Å²) in [5.41, 5.74) is 0.923. The van der Waals surface area contributed by atoms with Crippen LogP contribution in [0.2, 0.25) is 5.02 Å². The number of aryl methyl sites for hydroxylation is 1. The van der Waals surface area contributed by atoms with Crippen molar-refractivity contribution in [3.63, 3.8) is 0 Å². The third kappa shape index (κ3) is 4.19. The highest BCUT2D eigenvalue weighted by Gasteiger charge is 2.26. The molecule has 0 saturated heterocycles. The maximum atomic E-state index is 12.3. The van der Waals surface area contributed by atoms with E-state index >= 15 is 0 Å². The van der Waals surface area contributed by atoms with Crippen molar-refractivity contribution in [3.8, 4) is 0 Å². The molecule has 118 valence electrons. The first-order valence-electron chi connectivity index (χ1n) is 7.30. The SMILES string of the molecule is Cc1ccc(S(=O)(=O)NCC2CCCCC2CO)c(Cl)c1. The first-order valence-corrected chi connectivity index (χ1v) is 9.17. The molecular weight excluding hydrogens is 310 g/mol. The molecule has 6 heteroatoms. The van der Waals surface area contributed by atoms with E-state index in [1.54, 1.807) is 12.1 Å². The van der Waals surface area contributed by atoms with E-state index in [0.717, 1.165) is 31.2 Å². The van der Waals surface area contributed by atoms with Gasteiger partial charge in [-0.1, -0.05) is 30.5 Å². The second kappa shape index (κ2) is 7.09. The van der Waals surface area contributed by atoms with Crippen LogP contribution in [0.4, 0.5) is 0 Å². The van der Waals surface area contributed by atoms with Gasteiger partial charge in [-0.05, 0) is 49.3 Å². The summed E-state index contributed by atoms with van der Waals surface area (Å²) in [5.74, 6) is 0.387. The van der Waals surface area contributed by atoms with Crippen LogP contribution < -0.4 is 4.72 Å². The maximum absolute atomic E-state index is 12.3. The molecule has 0 aromatic heterocycles. The Morgan fingerprint density at radius 2 is 1.95 bits per heavy atom. The van der Waals surface area contributed by atoms with Crippen LogP contribution >= 0.6 is 11.6 Å². The summed E-state index contributed by atoms with van der Waals surface area (Å²) in [6, 6.07) is 4.91. The van der Waals surface area contributed by atoms with E-state index in [0.29, 0.717) is 6.54 Å². The molecule has 0 spiro atoms. The van der Waals surface area contributed by atoms with Gasteiger partial charge in [-0.3, -0.25) is 0 Å². The smallest absolute Gasteiger partial charge is 0.242 e. The van der Waals surface area contributed by atoms with E-state index in [1.165, 1.54) is 6.07 Å². The fraction of sp³-hybridized carbons (Fsp3) is 0.600. The molecule has 0 aliphatic heterocycles. The average molecular weight is 332 g/mol. The van der Waals surface area contributed by atoms with Crippen LogP contribution in [0.15, 0.2) is 23.1 Å². The summed E-state index contributed by atoms with van der Waals surface area (Å²) in [6.07, 6.45) is 4.12. The highest BCUT2D eigenvalue weighted by Crippen LogP contribution is 2.30. The molecule has 4 nitrogen and oxygen atoms in total. The van der Waals surface area contributed by atoms with Gasteiger partial charge in [0.05, 0.1) is 5.02 Å². The predicted octanol–water partition coefficient (Wildman–Crippen LogP) is 2.73. The van der Waals surface area contributed by atoms with Crippen LogP contribution in [0.25, 0.3) is 0 Å². The Hall–Kier alpha value is -0.620. The molecule has 1 saturated carbocycles. The number of hydrogen-bond donors (Lipinski definition) is 2. The van der Waals surface area contributed by atoms with Crippen molar-refractivity contribution in [1.29, 1.82) is 0 Å². The zero-order valence-electron chi connectivity index (χ0n) is 12.2. The van der Waals surface area contributed by atoms with E-state index in [1.807, 2.05) is 6.92 Å². The quantitative estimate of drug-likeness (QED) is 0.871. The second-order valence-corrected chi connectivity index (χ2v) is 7.92. The predicted molar refractivity (Wildman–Crippen MR) is 83.9 cm³/mol. The van der Waals surface area contributed by atoms with Gasteiger partial charge in [0.25, 0.3) is 0 Å². The van der Waals surface area contributed by atoms with Gasteiger partial charge in [0.1, 0.15) is 4.90 Å². The van der Waals surface area contributed by atoms with Crippen molar-refractivity contribution in [2.45, 2.75) is 37.5 Å². The van der Waals surface area contributed by atoms with Gasteiger partial charge in [-0.15, -0.1) is 0 Å². The van der Waals surface area contributed by atoms with Crippen LogP contribution in [-0.4, -0.2) is 26.7 Å². The van der Waals surface area contributed by atoms with Crippen molar-refractivity contribution in [3.05, 3.63) is 28.8 Å². The number of hydrogen-bond acceptors (Lipinski definition) is 3. The molecule has 2 rings (SSSR count). The second-order valence-electron chi connectivity index (χ2n) is 5.77. The van der Waals surface area contributed by atoms with E-state index in [-0.39, 0.29) is 28.4 Å². The van der Waals surface area contributed by atoms with Gasteiger partial charge in [-0.2, -0.15) is 0 Å². The van der Waals surface area contributed by atoms with E-state index in [2.05, 4.69) is 4.72 Å². The van der Waals surface area contributed by atoms with Crippen molar-refractivity contribution < 1.29 is 13.5 Å². The van der Waals surface area contributed by atoms with E-state index < -0.39 is 10.0 Å². The van der Waals surface area contributed by atoms with Gasteiger partial charge in [0.15, 0.2) is 0 Å². The zero-order chi connectivity index (χ0) is 15.5. The third-order valence-corrected chi connectivity index (χ3v) is 6.12. The summed E-state index contributed by atoms with van der Waals surface area (Å²) in [7, 11) is -3.60. The first kappa shape index (κ1) is 16.7. The minimum absolute atomic E-state index is 0.117. The van der Waals surface area contributed by atoms with Gasteiger partial charge < -0.3 is 5.11 Å². The lowest BCUT2D eigenvalue weighted by molar-refractivity contribution is 0.136. The molecule has 2 atom stereocenters. The minimum Gasteiger partial charge on any atom is -0.396 e. The molecule has 21 heavy (non-hydrogen) atoms. The minimum atomic E-state index is -3.60. The average Bonchev–Trinajstić information content (AvgIpc) is 2.45. The number of benzene rings is 1. The molecule has 2 N–H and O–H groups in total. The normalized spacial score (nSPS) is 23.2. The number of rotatable bonds is 5. The molecule has 1 aliphatic rings. The monoisotopic (exact) mass is 331 g/mol. The maximum Gasteiger partial charge on any atom is 0.242 e. The van der Waals surface area contributed by atoms with Crippen LogP contribution in [-0.2, 0) is 10.0 Å². The van der Waals surface area contributed by atoms with Gasteiger partial charge in [0.2, 0.25) is 10.0 Å². The summed E-state index contributed by atoms with van der Waals surface area (Å²) in [4.78, 5) is 0.117. The highest BCUT2D eigenvalue weighted by molar-refractivity contribution is 7.89. The molecule has 1 fully saturated rings. The van der Waals surface area contributed by atoms with Crippen molar-refractivity contribution >= 4 is 21.6 Å². The summed E-state index contributed by atoms with van der Waals surface area (Å²) < 4.78 is 27.3. The Morgan fingerprint density at radius 1 is 1.29 bits per heavy atom. The number of aliphatic hydroxyl groups excluding tert-OH is 1. The lowest BCUT2D eigenvalue weighted by atomic mass is 9.80. The Bertz CT molecular complexity index is 589. The molecule has 1 aromatic carbocycles. The lowest BCUT2D eigenvalue weighted by Crippen LogP contribution is -2.35. The molecule has 0 amide bonds. The van der Waals surface area contributed by atoms with Crippen molar-refractivity contribution in [2.24, 2.45) is 11.8 Å². The van der Waals surface area contributed by atoms with Crippen LogP contribution in [0.5, 0.6) is 0 Å². The number of sulfonamides is 1. The largest absolute Gasteiger partial charge is 0.396 e. The first-order chi connectivity index (χ1) is 9.94. The molecule has 0 radical (unpaired) electrons. The number of aliphatic hydroxyl groups is 1. The standard InChI is InChI=1S/C15H22ClNO3S/c1-11-6-7-15(14(16)8-11)21(19,20)17-9-12-4-2-3-5-13(12)10-18/h6-8,12-13,17-18H,2-5,9-10H2,1H3. The Labute approximate surface area is 131 Å². The molecule has 0 heterocycles. The molecule has 1 aromatic rings. The molecule has 1 aliphatic carbocycles. The molecule has 2 unspecified atom stereocenters. The topological polar surface area (TPSA) is 66.4 Å². The number of nitrogens with one attached hydrogen (secondary N) is 1. The van der Waals surface area contributed by atoms with Gasteiger partial charge in [-0.25, -0.2) is 13.1 Å². The van der Waals surface area contributed by atoms with Gasteiger partial charge >= 0.3 is 0 Å². The molecule has 0 bridgehead atoms. The van der Waals surface area contributed by atoms with E-state index in [9.17, 15) is 13.5 Å².